The van der Waals surface area contributed by atoms with Crippen molar-refractivity contribution in [3.05, 3.63) is 65.2 Å². The fourth-order valence-corrected chi connectivity index (χ4v) is 4.71. The molecule has 0 aromatic heterocycles. The Balaban J connectivity index is 1.21. The van der Waals surface area contributed by atoms with E-state index in [1.165, 1.54) is 23.8 Å². The molecule has 0 spiro atoms. The van der Waals surface area contributed by atoms with Gasteiger partial charge in [0.2, 0.25) is 0 Å². The molecule has 3 aliphatic rings. The molecule has 4 nitrogen and oxygen atoms in total. The number of para-hydroxylation sites is 1. The second-order valence-corrected chi connectivity index (χ2v) is 8.05. The van der Waals surface area contributed by atoms with Gasteiger partial charge in [0.15, 0.2) is 6.23 Å². The van der Waals surface area contributed by atoms with Crippen molar-refractivity contribution in [3.8, 4) is 5.75 Å². The summed E-state index contributed by atoms with van der Waals surface area (Å²) >= 11 is 0. The molecule has 0 aliphatic carbocycles. The molecular formula is C22H21F3N2O2. The van der Waals surface area contributed by atoms with Crippen molar-refractivity contribution in [1.82, 2.24) is 10.2 Å². The molecule has 0 radical (unpaired) electrons. The minimum atomic E-state index is -4.84. The van der Waals surface area contributed by atoms with Gasteiger partial charge in [-0.2, -0.15) is 13.2 Å². The average molecular weight is 402 g/mol. The lowest BCUT2D eigenvalue weighted by Gasteiger charge is -2.48. The number of carbonyl (C=O) groups excluding carboxylic acids is 1. The van der Waals surface area contributed by atoms with Gasteiger partial charge in [0.25, 0.3) is 5.78 Å². The summed E-state index contributed by atoms with van der Waals surface area (Å²) in [6, 6.07) is 14.1. The maximum Gasteiger partial charge on any atom is 0.454 e. The quantitative estimate of drug-likeness (QED) is 0.787. The Labute approximate surface area is 166 Å². The monoisotopic (exact) mass is 402 g/mol. The van der Waals surface area contributed by atoms with Crippen LogP contribution in [0, 0.1) is 0 Å². The highest BCUT2D eigenvalue weighted by molar-refractivity contribution is 6.00. The molecular weight excluding hydrogens is 381 g/mol. The van der Waals surface area contributed by atoms with Crippen LogP contribution in [0.1, 0.15) is 46.2 Å². The zero-order valence-corrected chi connectivity index (χ0v) is 15.7. The maximum absolute atomic E-state index is 12.7. The highest BCUT2D eigenvalue weighted by atomic mass is 19.4. The van der Waals surface area contributed by atoms with Gasteiger partial charge in [-0.15, -0.1) is 0 Å². The van der Waals surface area contributed by atoms with E-state index in [1.54, 1.807) is 6.07 Å². The van der Waals surface area contributed by atoms with Crippen molar-refractivity contribution in [2.75, 3.05) is 13.1 Å². The van der Waals surface area contributed by atoms with Gasteiger partial charge in [0.05, 0.1) is 6.17 Å². The smallest absolute Gasteiger partial charge is 0.454 e. The van der Waals surface area contributed by atoms with E-state index in [9.17, 15) is 18.0 Å². The molecule has 5 rings (SSSR count). The number of ketones is 1. The number of nitrogens with one attached hydrogen (secondary N) is 1. The topological polar surface area (TPSA) is 41.6 Å². The van der Waals surface area contributed by atoms with Crippen molar-refractivity contribution < 1.29 is 22.7 Å². The summed E-state index contributed by atoms with van der Waals surface area (Å²) < 4.78 is 44.2. The molecule has 0 amide bonds. The number of hydrogen-bond acceptors (Lipinski definition) is 4. The van der Waals surface area contributed by atoms with Crippen LogP contribution in [0.15, 0.2) is 48.5 Å². The maximum atomic E-state index is 12.7. The Hall–Kier alpha value is -2.38. The summed E-state index contributed by atoms with van der Waals surface area (Å²) in [5.74, 6) is -0.335. The first kappa shape index (κ1) is 18.6. The zero-order valence-electron chi connectivity index (χ0n) is 15.7. The number of Topliss-reactive ketones (excluding diaryl/α,β-unsaturated/α-hetero) is 1. The van der Waals surface area contributed by atoms with E-state index < -0.39 is 12.0 Å². The lowest BCUT2D eigenvalue weighted by atomic mass is 9.86. The minimum Gasteiger partial charge on any atom is -0.474 e. The number of rotatable bonds is 3. The van der Waals surface area contributed by atoms with E-state index in [0.29, 0.717) is 5.92 Å². The molecule has 152 valence electrons. The molecule has 7 heteroatoms. The van der Waals surface area contributed by atoms with Crippen LogP contribution in [-0.4, -0.2) is 42.3 Å². The first-order chi connectivity index (χ1) is 13.9. The standard InChI is InChI=1S/C22H21F3N2O2/c23-22(24,25)20(28)14-5-3-4-13(10-14)15-11-27(12-15)19-9-8-17-16-6-1-2-7-18(16)29-21(17)26-19/h1-7,10,15,17,19,21,26H,8-9,11-12H2. The third-order valence-corrected chi connectivity index (χ3v) is 6.27. The first-order valence-corrected chi connectivity index (χ1v) is 9.87. The SMILES string of the molecule is O=C(c1cccc(C2CN(C3CCC4c5ccccc5OC4N3)C2)c1)C(F)(F)F. The number of benzene rings is 2. The molecule has 3 atom stereocenters. The van der Waals surface area contributed by atoms with E-state index in [4.69, 9.17) is 4.74 Å². The summed E-state index contributed by atoms with van der Waals surface area (Å²) in [4.78, 5) is 13.8. The Bertz CT molecular complexity index is 940. The molecule has 2 aromatic carbocycles. The van der Waals surface area contributed by atoms with Gasteiger partial charge in [-0.05, 0) is 30.5 Å². The van der Waals surface area contributed by atoms with Crippen LogP contribution in [0.25, 0.3) is 0 Å². The normalized spacial score (nSPS) is 26.9. The van der Waals surface area contributed by atoms with Gasteiger partial charge in [-0.3, -0.25) is 15.0 Å². The predicted molar refractivity (Wildman–Crippen MR) is 101 cm³/mol. The second-order valence-electron chi connectivity index (χ2n) is 8.05. The molecule has 29 heavy (non-hydrogen) atoms. The number of alkyl halides is 3. The van der Waals surface area contributed by atoms with Gasteiger partial charge in [-0.25, -0.2) is 0 Å². The third-order valence-electron chi connectivity index (χ3n) is 6.27. The summed E-state index contributed by atoms with van der Waals surface area (Å²) in [5.41, 5.74) is 1.76. The number of fused-ring (bicyclic) bond motifs is 3. The molecule has 3 unspecified atom stereocenters. The average Bonchev–Trinajstić information content (AvgIpc) is 3.03. The van der Waals surface area contributed by atoms with Crippen LogP contribution < -0.4 is 10.1 Å². The zero-order chi connectivity index (χ0) is 20.2. The van der Waals surface area contributed by atoms with Gasteiger partial charge in [-0.1, -0.05) is 36.4 Å². The molecule has 1 N–H and O–H groups in total. The van der Waals surface area contributed by atoms with E-state index in [2.05, 4.69) is 16.3 Å². The van der Waals surface area contributed by atoms with Crippen LogP contribution in [0.5, 0.6) is 5.75 Å². The highest BCUT2D eigenvalue weighted by Crippen LogP contribution is 2.43. The number of ether oxygens (including phenoxy) is 1. The number of halogens is 3. The number of piperidine rings is 1. The predicted octanol–water partition coefficient (Wildman–Crippen LogP) is 4.04. The molecule has 0 saturated carbocycles. The number of hydrogen-bond donors (Lipinski definition) is 1. The number of carbonyl (C=O) groups is 1. The second kappa shape index (κ2) is 6.85. The summed E-state index contributed by atoms with van der Waals surface area (Å²) in [7, 11) is 0. The van der Waals surface area contributed by atoms with Crippen LogP contribution in [0.2, 0.25) is 0 Å². The Morgan fingerprint density at radius 3 is 2.66 bits per heavy atom. The van der Waals surface area contributed by atoms with Crippen LogP contribution in [-0.2, 0) is 0 Å². The number of likely N-dealkylation sites (tertiary alicyclic amines) is 1. The van der Waals surface area contributed by atoms with E-state index in [0.717, 1.165) is 37.2 Å². The summed E-state index contributed by atoms with van der Waals surface area (Å²) in [6.45, 7) is 1.51. The fourth-order valence-electron chi connectivity index (χ4n) is 4.71. The Kier molecular flexibility index (Phi) is 4.40. The van der Waals surface area contributed by atoms with Gasteiger partial charge in [0.1, 0.15) is 5.75 Å². The molecule has 0 bridgehead atoms. The minimum absolute atomic E-state index is 0.0297. The van der Waals surface area contributed by atoms with Crippen molar-refractivity contribution in [2.45, 2.75) is 43.2 Å². The van der Waals surface area contributed by atoms with Crippen LogP contribution in [0.3, 0.4) is 0 Å². The van der Waals surface area contributed by atoms with Crippen LogP contribution in [0.4, 0.5) is 13.2 Å². The van der Waals surface area contributed by atoms with Crippen molar-refractivity contribution in [1.29, 1.82) is 0 Å². The summed E-state index contributed by atoms with van der Waals surface area (Å²) in [6.07, 6.45) is -2.64. The molecule has 2 fully saturated rings. The first-order valence-electron chi connectivity index (χ1n) is 9.87. The van der Waals surface area contributed by atoms with Crippen molar-refractivity contribution in [3.63, 3.8) is 0 Å². The fraction of sp³-hybridized carbons (Fsp3) is 0.409. The molecule has 3 heterocycles. The third kappa shape index (κ3) is 3.32. The highest BCUT2D eigenvalue weighted by Gasteiger charge is 2.43. The van der Waals surface area contributed by atoms with Gasteiger partial charge in [0, 0.05) is 36.1 Å². The van der Waals surface area contributed by atoms with E-state index >= 15 is 0 Å². The Morgan fingerprint density at radius 1 is 1.07 bits per heavy atom. The van der Waals surface area contributed by atoms with Crippen molar-refractivity contribution in [2.24, 2.45) is 0 Å². The van der Waals surface area contributed by atoms with Crippen LogP contribution >= 0.6 is 0 Å². The molecule has 3 aliphatic heterocycles. The van der Waals surface area contributed by atoms with E-state index in [1.807, 2.05) is 18.2 Å². The number of nitrogens with zero attached hydrogens (tertiary/aromatic N) is 1. The van der Waals surface area contributed by atoms with E-state index in [-0.39, 0.29) is 23.9 Å². The lowest BCUT2D eigenvalue weighted by molar-refractivity contribution is -0.0885. The van der Waals surface area contributed by atoms with Gasteiger partial charge < -0.3 is 4.74 Å². The van der Waals surface area contributed by atoms with Crippen molar-refractivity contribution >= 4 is 5.78 Å². The summed E-state index contributed by atoms with van der Waals surface area (Å²) in [5, 5.41) is 3.59. The largest absolute Gasteiger partial charge is 0.474 e. The lowest BCUT2D eigenvalue weighted by Crippen LogP contribution is -2.61. The molecule has 2 aromatic rings. The Morgan fingerprint density at radius 2 is 1.86 bits per heavy atom. The van der Waals surface area contributed by atoms with Gasteiger partial charge >= 0.3 is 6.18 Å². The molecule has 2 saturated heterocycles.